The molecule has 2 rings (SSSR count). The van der Waals surface area contributed by atoms with Crippen molar-refractivity contribution in [3.05, 3.63) is 29.4 Å². The number of hydrogen-bond donors (Lipinski definition) is 0. The van der Waals surface area contributed by atoms with Crippen LogP contribution in [-0.4, -0.2) is 4.98 Å². The van der Waals surface area contributed by atoms with Gasteiger partial charge in [-0.2, -0.15) is 0 Å². The highest BCUT2D eigenvalue weighted by atomic mass is 32.1. The van der Waals surface area contributed by atoms with Gasteiger partial charge in [0, 0.05) is 12.4 Å². The van der Waals surface area contributed by atoms with Crippen LogP contribution in [0.5, 0.6) is 0 Å². The van der Waals surface area contributed by atoms with Crippen LogP contribution in [0, 0.1) is 0 Å². The fraction of sp³-hybridized carbons (Fsp3) is 0.364. The largest absolute Gasteiger partial charge is 0.263 e. The lowest BCUT2D eigenvalue weighted by molar-refractivity contribution is 0.598. The van der Waals surface area contributed by atoms with Crippen LogP contribution >= 0.6 is 11.3 Å². The molecule has 68 valence electrons. The van der Waals surface area contributed by atoms with E-state index in [1.807, 2.05) is 12.4 Å². The van der Waals surface area contributed by atoms with Gasteiger partial charge in [-0.05, 0) is 27.8 Å². The molecule has 0 radical (unpaired) electrons. The SMILES string of the molecule is CC(C)(C)c1csc2cnccc12. The summed E-state index contributed by atoms with van der Waals surface area (Å²) in [7, 11) is 0. The fourth-order valence-corrected chi connectivity index (χ4v) is 2.62. The van der Waals surface area contributed by atoms with E-state index in [-0.39, 0.29) is 5.41 Å². The van der Waals surface area contributed by atoms with Crippen molar-refractivity contribution >= 4 is 21.4 Å². The molecule has 0 aliphatic rings. The first-order chi connectivity index (χ1) is 6.09. The standard InChI is InChI=1S/C11H13NS/c1-11(2,3)9-7-13-10-6-12-5-4-8(9)10/h4-7H,1-3H3. The van der Waals surface area contributed by atoms with E-state index < -0.39 is 0 Å². The average Bonchev–Trinajstić information content (AvgIpc) is 2.45. The Morgan fingerprint density at radius 3 is 2.77 bits per heavy atom. The van der Waals surface area contributed by atoms with E-state index in [9.17, 15) is 0 Å². The lowest BCUT2D eigenvalue weighted by Gasteiger charge is -2.17. The Hall–Kier alpha value is -0.890. The van der Waals surface area contributed by atoms with Crippen molar-refractivity contribution in [1.29, 1.82) is 0 Å². The smallest absolute Gasteiger partial charge is 0.0529 e. The van der Waals surface area contributed by atoms with E-state index in [1.54, 1.807) is 11.3 Å². The summed E-state index contributed by atoms with van der Waals surface area (Å²) in [5.74, 6) is 0. The highest BCUT2D eigenvalue weighted by molar-refractivity contribution is 7.17. The van der Waals surface area contributed by atoms with Gasteiger partial charge in [-0.1, -0.05) is 20.8 Å². The summed E-state index contributed by atoms with van der Waals surface area (Å²) in [6.07, 6.45) is 3.81. The molecule has 0 fully saturated rings. The number of nitrogens with zero attached hydrogens (tertiary/aromatic N) is 1. The maximum absolute atomic E-state index is 4.12. The van der Waals surface area contributed by atoms with Crippen LogP contribution in [0.3, 0.4) is 0 Å². The summed E-state index contributed by atoms with van der Waals surface area (Å²) in [5, 5.41) is 3.60. The predicted octanol–water partition coefficient (Wildman–Crippen LogP) is 3.59. The van der Waals surface area contributed by atoms with E-state index in [0.29, 0.717) is 0 Å². The molecule has 0 bridgehead atoms. The zero-order valence-corrected chi connectivity index (χ0v) is 8.98. The van der Waals surface area contributed by atoms with Crippen molar-refractivity contribution in [3.63, 3.8) is 0 Å². The third kappa shape index (κ3) is 1.46. The lowest BCUT2D eigenvalue weighted by atomic mass is 9.87. The van der Waals surface area contributed by atoms with Crippen LogP contribution < -0.4 is 0 Å². The number of hydrogen-bond acceptors (Lipinski definition) is 2. The Morgan fingerprint density at radius 1 is 1.31 bits per heavy atom. The minimum atomic E-state index is 0.236. The number of thiophene rings is 1. The van der Waals surface area contributed by atoms with Crippen molar-refractivity contribution < 1.29 is 0 Å². The first-order valence-corrected chi connectivity index (χ1v) is 5.29. The number of rotatable bonds is 0. The summed E-state index contributed by atoms with van der Waals surface area (Å²) in [5.41, 5.74) is 1.66. The van der Waals surface area contributed by atoms with Crippen molar-refractivity contribution in [2.45, 2.75) is 26.2 Å². The third-order valence-electron chi connectivity index (χ3n) is 2.19. The van der Waals surface area contributed by atoms with Gasteiger partial charge in [0.1, 0.15) is 0 Å². The fourth-order valence-electron chi connectivity index (χ4n) is 1.46. The van der Waals surface area contributed by atoms with Gasteiger partial charge in [-0.3, -0.25) is 4.98 Å². The van der Waals surface area contributed by atoms with Crippen molar-refractivity contribution in [2.24, 2.45) is 0 Å². The average molecular weight is 191 g/mol. The third-order valence-corrected chi connectivity index (χ3v) is 3.12. The van der Waals surface area contributed by atoms with Gasteiger partial charge < -0.3 is 0 Å². The van der Waals surface area contributed by atoms with E-state index in [2.05, 4.69) is 37.2 Å². The second-order valence-corrected chi connectivity index (χ2v) is 5.18. The Balaban J connectivity index is 2.72. The van der Waals surface area contributed by atoms with E-state index >= 15 is 0 Å². The van der Waals surface area contributed by atoms with Crippen molar-refractivity contribution in [3.8, 4) is 0 Å². The molecule has 2 aromatic heterocycles. The molecular weight excluding hydrogens is 178 g/mol. The number of fused-ring (bicyclic) bond motifs is 1. The van der Waals surface area contributed by atoms with E-state index in [0.717, 1.165) is 0 Å². The monoisotopic (exact) mass is 191 g/mol. The molecule has 2 aromatic rings. The Labute approximate surface area is 82.4 Å². The first kappa shape index (κ1) is 8.70. The molecule has 0 aliphatic heterocycles. The van der Waals surface area contributed by atoms with Crippen molar-refractivity contribution in [1.82, 2.24) is 4.98 Å². The summed E-state index contributed by atoms with van der Waals surface area (Å²) >= 11 is 1.78. The van der Waals surface area contributed by atoms with Gasteiger partial charge in [0.25, 0.3) is 0 Å². The highest BCUT2D eigenvalue weighted by Gasteiger charge is 2.17. The van der Waals surface area contributed by atoms with Gasteiger partial charge in [0.2, 0.25) is 0 Å². The topological polar surface area (TPSA) is 12.9 Å². The molecule has 0 amide bonds. The van der Waals surface area contributed by atoms with Gasteiger partial charge in [-0.25, -0.2) is 0 Å². The molecule has 0 N–H and O–H groups in total. The molecule has 0 saturated carbocycles. The quantitative estimate of drug-likeness (QED) is 0.620. The van der Waals surface area contributed by atoms with Crippen LogP contribution in [0.4, 0.5) is 0 Å². The number of aromatic nitrogens is 1. The second kappa shape index (κ2) is 2.81. The molecule has 1 nitrogen and oxygen atoms in total. The molecule has 0 aromatic carbocycles. The molecule has 0 unspecified atom stereocenters. The summed E-state index contributed by atoms with van der Waals surface area (Å²) in [6, 6.07) is 2.10. The first-order valence-electron chi connectivity index (χ1n) is 4.41. The molecule has 2 heterocycles. The van der Waals surface area contributed by atoms with Crippen LogP contribution in [0.15, 0.2) is 23.8 Å². The van der Waals surface area contributed by atoms with Gasteiger partial charge in [0.05, 0.1) is 4.70 Å². The second-order valence-electron chi connectivity index (χ2n) is 4.27. The van der Waals surface area contributed by atoms with Crippen LogP contribution in [0.2, 0.25) is 0 Å². The van der Waals surface area contributed by atoms with E-state index in [4.69, 9.17) is 0 Å². The summed E-state index contributed by atoms with van der Waals surface area (Å²) in [4.78, 5) is 4.12. The van der Waals surface area contributed by atoms with Crippen molar-refractivity contribution in [2.75, 3.05) is 0 Å². The minimum Gasteiger partial charge on any atom is -0.263 e. The van der Waals surface area contributed by atoms with Gasteiger partial charge in [-0.15, -0.1) is 11.3 Å². The zero-order chi connectivity index (χ0) is 9.47. The van der Waals surface area contributed by atoms with Crippen LogP contribution in [-0.2, 0) is 5.41 Å². The van der Waals surface area contributed by atoms with Gasteiger partial charge in [0.15, 0.2) is 0 Å². The molecule has 13 heavy (non-hydrogen) atoms. The highest BCUT2D eigenvalue weighted by Crippen LogP contribution is 2.33. The predicted molar refractivity (Wildman–Crippen MR) is 58.3 cm³/mol. The van der Waals surface area contributed by atoms with E-state index in [1.165, 1.54) is 15.6 Å². The zero-order valence-electron chi connectivity index (χ0n) is 8.16. The summed E-state index contributed by atoms with van der Waals surface area (Å²) in [6.45, 7) is 6.73. The van der Waals surface area contributed by atoms with Crippen LogP contribution in [0.25, 0.3) is 10.1 Å². The molecular formula is C11H13NS. The molecule has 0 saturated heterocycles. The van der Waals surface area contributed by atoms with Gasteiger partial charge >= 0.3 is 0 Å². The molecule has 0 aliphatic carbocycles. The number of pyridine rings is 1. The Kier molecular flexibility index (Phi) is 1.88. The summed E-state index contributed by atoms with van der Waals surface area (Å²) < 4.78 is 1.28. The molecule has 0 spiro atoms. The maximum Gasteiger partial charge on any atom is 0.0529 e. The van der Waals surface area contributed by atoms with Crippen LogP contribution in [0.1, 0.15) is 26.3 Å². The minimum absolute atomic E-state index is 0.236. The molecule has 0 atom stereocenters. The maximum atomic E-state index is 4.12. The Morgan fingerprint density at radius 2 is 2.08 bits per heavy atom. The Bertz CT molecular complexity index is 423. The normalized spacial score (nSPS) is 12.2. The lowest BCUT2D eigenvalue weighted by Crippen LogP contribution is -2.09. The molecule has 2 heteroatoms.